The third-order valence-electron chi connectivity index (χ3n) is 5.48. The van der Waals surface area contributed by atoms with Gasteiger partial charge in [-0.3, -0.25) is 9.59 Å². The fraction of sp³-hybridized carbons (Fsp3) is 0.185. The lowest BCUT2D eigenvalue weighted by atomic mass is 9.85. The largest absolute Gasteiger partial charge is 0.457 e. The number of thiazole rings is 1. The summed E-state index contributed by atoms with van der Waals surface area (Å²) in [7, 11) is 0. The van der Waals surface area contributed by atoms with Crippen molar-refractivity contribution in [1.82, 2.24) is 4.98 Å². The molecule has 0 spiro atoms. The van der Waals surface area contributed by atoms with Gasteiger partial charge in [-0.05, 0) is 62.7 Å². The highest BCUT2D eigenvalue weighted by atomic mass is 32.1. The Labute approximate surface area is 207 Å². The van der Waals surface area contributed by atoms with Gasteiger partial charge in [0.05, 0.1) is 21.7 Å². The summed E-state index contributed by atoms with van der Waals surface area (Å²) in [5.74, 6) is 0.782. The molecule has 176 valence electrons. The number of hydrogen-bond donors (Lipinski definition) is 2. The molecule has 4 aromatic rings. The van der Waals surface area contributed by atoms with E-state index in [9.17, 15) is 14.9 Å². The number of aromatic nitrogens is 1. The number of aryl methyl sites for hydroxylation is 1. The number of fused-ring (bicyclic) bond motifs is 1. The van der Waals surface area contributed by atoms with Gasteiger partial charge in [-0.1, -0.05) is 29.5 Å². The van der Waals surface area contributed by atoms with Crippen molar-refractivity contribution in [2.24, 2.45) is 0 Å². The van der Waals surface area contributed by atoms with E-state index >= 15 is 0 Å². The second-order valence-electron chi connectivity index (χ2n) is 8.64. The minimum atomic E-state index is -0.690. The molecule has 0 aliphatic rings. The topological polar surface area (TPSA) is 104 Å². The van der Waals surface area contributed by atoms with E-state index in [1.165, 1.54) is 18.3 Å². The van der Waals surface area contributed by atoms with Crippen LogP contribution in [-0.4, -0.2) is 16.8 Å². The molecule has 1 aromatic heterocycles. The monoisotopic (exact) mass is 484 g/mol. The molecule has 35 heavy (non-hydrogen) atoms. The number of amides is 2. The van der Waals surface area contributed by atoms with Crippen LogP contribution in [0.2, 0.25) is 0 Å². The summed E-state index contributed by atoms with van der Waals surface area (Å²) in [6, 6.07) is 20.2. The molecule has 7 nitrogen and oxygen atoms in total. The molecule has 0 fully saturated rings. The first-order chi connectivity index (χ1) is 16.7. The molecule has 0 saturated carbocycles. The number of rotatable bonds is 6. The lowest BCUT2D eigenvalue weighted by Crippen LogP contribution is -2.17. The first kappa shape index (κ1) is 23.9. The van der Waals surface area contributed by atoms with Gasteiger partial charge in [0.25, 0.3) is 5.91 Å². The van der Waals surface area contributed by atoms with Crippen molar-refractivity contribution in [2.45, 2.75) is 33.1 Å². The average molecular weight is 485 g/mol. The van der Waals surface area contributed by atoms with E-state index in [4.69, 9.17) is 4.74 Å². The molecule has 3 aromatic carbocycles. The number of nitrogens with one attached hydrogen (secondary N) is 2. The molecular formula is C27H24N4O3S. The minimum absolute atomic E-state index is 0.169. The molecular weight excluding hydrogens is 460 g/mol. The zero-order valence-corrected chi connectivity index (χ0v) is 20.6. The van der Waals surface area contributed by atoms with Gasteiger partial charge in [0.1, 0.15) is 11.5 Å². The Hall–Kier alpha value is -4.22. The quantitative estimate of drug-likeness (QED) is 0.329. The van der Waals surface area contributed by atoms with Crippen LogP contribution in [0.3, 0.4) is 0 Å². The molecule has 0 radical (unpaired) electrons. The number of carbonyl (C=O) groups is 2. The Morgan fingerprint density at radius 1 is 1.06 bits per heavy atom. The van der Waals surface area contributed by atoms with Crippen molar-refractivity contribution in [3.05, 3.63) is 77.4 Å². The lowest BCUT2D eigenvalue weighted by molar-refractivity contribution is -0.114. The second kappa shape index (κ2) is 9.57. The van der Waals surface area contributed by atoms with Crippen LogP contribution in [0.15, 0.2) is 60.7 Å². The summed E-state index contributed by atoms with van der Waals surface area (Å²) in [4.78, 5) is 28.6. The Balaban J connectivity index is 1.53. The Kier molecular flexibility index (Phi) is 6.54. The number of benzene rings is 3. The normalized spacial score (nSPS) is 11.1. The van der Waals surface area contributed by atoms with Crippen LogP contribution in [0, 0.1) is 18.3 Å². The smallest absolute Gasteiger partial charge is 0.255 e. The van der Waals surface area contributed by atoms with Gasteiger partial charge in [-0.15, -0.1) is 0 Å². The van der Waals surface area contributed by atoms with Gasteiger partial charge in [0.15, 0.2) is 5.13 Å². The molecule has 0 aliphatic carbocycles. The fourth-order valence-corrected chi connectivity index (χ4v) is 4.51. The van der Waals surface area contributed by atoms with Crippen LogP contribution in [0.1, 0.15) is 42.3 Å². The summed E-state index contributed by atoms with van der Waals surface area (Å²) in [5, 5.41) is 15.5. The molecule has 2 amide bonds. The number of anilines is 2. The fourth-order valence-electron chi connectivity index (χ4n) is 3.50. The van der Waals surface area contributed by atoms with Gasteiger partial charge in [0.2, 0.25) is 5.91 Å². The van der Waals surface area contributed by atoms with E-state index in [1.807, 2.05) is 45.0 Å². The van der Waals surface area contributed by atoms with Crippen molar-refractivity contribution in [3.63, 3.8) is 0 Å². The number of nitriles is 1. The predicted octanol–water partition coefficient (Wildman–Crippen LogP) is 6.41. The van der Waals surface area contributed by atoms with Crippen molar-refractivity contribution < 1.29 is 14.3 Å². The number of carbonyl (C=O) groups excluding carboxylic acids is 2. The Bertz CT molecular complexity index is 1480. The predicted molar refractivity (Wildman–Crippen MR) is 138 cm³/mol. The van der Waals surface area contributed by atoms with E-state index in [0.717, 1.165) is 21.3 Å². The maximum absolute atomic E-state index is 12.9. The van der Waals surface area contributed by atoms with Crippen molar-refractivity contribution in [2.75, 3.05) is 10.6 Å². The standard InChI is InChI=1S/C27H24N4O3S/c1-16-23(12-11-22-24(16)35-26(31-22)29-17(2)32)34-21-10-6-9-20(14-21)30-25(33)18-7-5-8-19(13-18)27(3,4)15-28/h5-14H,1-4H3,(H,30,33)(H,29,31,32). The summed E-state index contributed by atoms with van der Waals surface area (Å²) < 4.78 is 7.04. The Morgan fingerprint density at radius 2 is 1.83 bits per heavy atom. The highest BCUT2D eigenvalue weighted by Gasteiger charge is 2.21. The van der Waals surface area contributed by atoms with E-state index in [1.54, 1.807) is 36.4 Å². The van der Waals surface area contributed by atoms with Gasteiger partial charge in [-0.25, -0.2) is 4.98 Å². The minimum Gasteiger partial charge on any atom is -0.457 e. The Morgan fingerprint density at radius 3 is 2.57 bits per heavy atom. The van der Waals surface area contributed by atoms with Crippen LogP contribution >= 0.6 is 11.3 Å². The molecule has 4 rings (SSSR count). The van der Waals surface area contributed by atoms with E-state index in [-0.39, 0.29) is 11.8 Å². The number of nitrogens with zero attached hydrogens (tertiary/aromatic N) is 2. The lowest BCUT2D eigenvalue weighted by Gasteiger charge is -2.16. The van der Waals surface area contributed by atoms with Crippen LogP contribution < -0.4 is 15.4 Å². The van der Waals surface area contributed by atoms with Crippen molar-refractivity contribution in [3.8, 4) is 17.6 Å². The third-order valence-corrected chi connectivity index (χ3v) is 6.59. The first-order valence-corrected chi connectivity index (χ1v) is 11.8. The molecule has 0 atom stereocenters. The van der Waals surface area contributed by atoms with Gasteiger partial charge in [0, 0.05) is 29.8 Å². The molecule has 2 N–H and O–H groups in total. The highest BCUT2D eigenvalue weighted by Crippen LogP contribution is 2.36. The molecule has 0 aliphatic heterocycles. The average Bonchev–Trinajstić information content (AvgIpc) is 3.24. The molecule has 1 heterocycles. The first-order valence-electron chi connectivity index (χ1n) is 10.9. The highest BCUT2D eigenvalue weighted by molar-refractivity contribution is 7.22. The van der Waals surface area contributed by atoms with E-state index < -0.39 is 5.41 Å². The maximum atomic E-state index is 12.9. The van der Waals surface area contributed by atoms with E-state index in [0.29, 0.717) is 27.9 Å². The number of hydrogen-bond acceptors (Lipinski definition) is 6. The van der Waals surface area contributed by atoms with Crippen molar-refractivity contribution in [1.29, 1.82) is 5.26 Å². The zero-order chi connectivity index (χ0) is 25.2. The number of ether oxygens (including phenoxy) is 1. The van der Waals surface area contributed by atoms with Crippen LogP contribution in [-0.2, 0) is 10.2 Å². The molecule has 0 bridgehead atoms. The van der Waals surface area contributed by atoms with Gasteiger partial charge in [-0.2, -0.15) is 5.26 Å². The van der Waals surface area contributed by atoms with Gasteiger partial charge < -0.3 is 15.4 Å². The van der Waals surface area contributed by atoms with Gasteiger partial charge >= 0.3 is 0 Å². The molecule has 0 unspecified atom stereocenters. The second-order valence-corrected chi connectivity index (χ2v) is 9.64. The van der Waals surface area contributed by atoms with Crippen LogP contribution in [0.25, 0.3) is 10.2 Å². The zero-order valence-electron chi connectivity index (χ0n) is 19.8. The summed E-state index contributed by atoms with van der Waals surface area (Å²) in [5.41, 5.74) is 2.83. The van der Waals surface area contributed by atoms with Crippen LogP contribution in [0.4, 0.5) is 10.8 Å². The SMILES string of the molecule is CC(=O)Nc1nc2ccc(Oc3cccc(NC(=O)c4cccc(C(C)(C)C#N)c4)c3)c(C)c2s1. The third kappa shape index (κ3) is 5.31. The summed E-state index contributed by atoms with van der Waals surface area (Å²) in [6.45, 7) is 7.02. The maximum Gasteiger partial charge on any atom is 0.255 e. The van der Waals surface area contributed by atoms with E-state index in [2.05, 4.69) is 21.7 Å². The summed E-state index contributed by atoms with van der Waals surface area (Å²) in [6.07, 6.45) is 0. The van der Waals surface area contributed by atoms with Crippen molar-refractivity contribution >= 4 is 44.2 Å². The molecule has 0 saturated heterocycles. The van der Waals surface area contributed by atoms with Crippen LogP contribution in [0.5, 0.6) is 11.5 Å². The molecule has 8 heteroatoms. The summed E-state index contributed by atoms with van der Waals surface area (Å²) >= 11 is 1.39.